The second-order valence-corrected chi connectivity index (χ2v) is 21.2. The van der Waals surface area contributed by atoms with E-state index in [4.69, 9.17) is 13.3 Å². The molecule has 16 aromatic rings. The van der Waals surface area contributed by atoms with Gasteiger partial charge in [0.1, 0.15) is 22.3 Å². The molecule has 0 saturated carbocycles. The Labute approximate surface area is 485 Å². The summed E-state index contributed by atoms with van der Waals surface area (Å²) in [5.41, 5.74) is 20.0. The first-order valence-electron chi connectivity index (χ1n) is 28.4. The third kappa shape index (κ3) is 8.43. The van der Waals surface area contributed by atoms with Gasteiger partial charge >= 0.3 is 0 Å². The van der Waals surface area contributed by atoms with Crippen molar-refractivity contribution in [1.82, 2.24) is 0 Å². The van der Waals surface area contributed by atoms with Gasteiger partial charge in [-0.2, -0.15) is 0 Å². The summed E-state index contributed by atoms with van der Waals surface area (Å²) in [4.78, 5) is 7.06. The van der Waals surface area contributed by atoms with Crippen LogP contribution in [0.25, 0.3) is 99.2 Å². The number of benzene rings is 13. The monoisotopic (exact) mass is 1080 g/mol. The molecule has 0 spiro atoms. The van der Waals surface area contributed by atoms with E-state index in [0.717, 1.165) is 150 Å². The SMILES string of the molecule is c1ccc(-c2ccc(N(c3cc(N(c4ccccc4)c4ccc(-c5cccc6c5oc5ccccc56)cc4)cc(N(c4ccc(-c5ccccc5)cc4)c4cccc5c4oc4ccccc45)c3)c3cccc4c3oc3ccccc34)cc2)cc1. The topological polar surface area (TPSA) is 49.1 Å². The molecule has 0 unspecified atom stereocenters. The van der Waals surface area contributed by atoms with Gasteiger partial charge in [-0.15, -0.1) is 0 Å². The predicted octanol–water partition coefficient (Wildman–Crippen LogP) is 22.8. The molecule has 0 atom stereocenters. The second kappa shape index (κ2) is 20.3. The highest BCUT2D eigenvalue weighted by atomic mass is 16.3. The summed E-state index contributed by atoms with van der Waals surface area (Å²) in [6, 6.07) is 110. The molecule has 0 fully saturated rings. The minimum Gasteiger partial charge on any atom is -0.455 e. The van der Waals surface area contributed by atoms with Crippen molar-refractivity contribution in [2.45, 2.75) is 0 Å². The molecule has 13 aromatic carbocycles. The van der Waals surface area contributed by atoms with Crippen molar-refractivity contribution in [2.75, 3.05) is 14.7 Å². The fraction of sp³-hybridized carbons (Fsp3) is 0. The first-order valence-corrected chi connectivity index (χ1v) is 28.4. The molecule has 3 heterocycles. The van der Waals surface area contributed by atoms with Crippen molar-refractivity contribution < 1.29 is 13.3 Å². The van der Waals surface area contributed by atoms with Crippen molar-refractivity contribution in [3.8, 4) is 33.4 Å². The number of rotatable bonds is 12. The Kier molecular flexibility index (Phi) is 11.8. The molecule has 396 valence electrons. The molecule has 0 aliphatic heterocycles. The third-order valence-corrected chi connectivity index (χ3v) is 16.2. The average molecular weight is 1080 g/mol. The number of hydrogen-bond acceptors (Lipinski definition) is 6. The van der Waals surface area contributed by atoms with Gasteiger partial charge < -0.3 is 28.0 Å². The fourth-order valence-electron chi connectivity index (χ4n) is 12.3. The van der Waals surface area contributed by atoms with Gasteiger partial charge in [-0.3, -0.25) is 0 Å². The van der Waals surface area contributed by atoms with Crippen LogP contribution in [0.15, 0.2) is 323 Å². The van der Waals surface area contributed by atoms with Crippen molar-refractivity contribution in [1.29, 1.82) is 0 Å². The summed E-state index contributed by atoms with van der Waals surface area (Å²) in [5.74, 6) is 0. The first-order chi connectivity index (χ1) is 41.6. The number of hydrogen-bond donors (Lipinski definition) is 0. The standard InChI is InChI=1S/C78H51N3O3/c1-4-19-52(20-5-1)54-37-43-59(44-38-54)80(71-32-17-30-69-66-26-11-14-35-74(66)83-77(69)71)62-49-61(79(57-23-8-3-9-24-57)58-47-41-56(42-48-58)64-28-16-29-68-65-25-10-13-34-73(65)82-76(64)68)50-63(51-62)81(60-45-39-55(40-46-60)53-21-6-2-7-22-53)72-33-18-31-70-67-27-12-15-36-75(67)84-78(70)72/h1-51H. The molecule has 16 rings (SSSR count). The number of para-hydroxylation sites is 7. The maximum atomic E-state index is 6.97. The van der Waals surface area contributed by atoms with E-state index in [0.29, 0.717) is 0 Å². The lowest BCUT2D eigenvalue weighted by Gasteiger charge is -2.33. The van der Waals surface area contributed by atoms with Gasteiger partial charge in [-0.05, 0) is 125 Å². The normalized spacial score (nSPS) is 11.6. The number of anilines is 9. The van der Waals surface area contributed by atoms with Gasteiger partial charge in [-0.25, -0.2) is 0 Å². The molecule has 0 bridgehead atoms. The molecular weight excluding hydrogens is 1030 g/mol. The minimum absolute atomic E-state index is 0.785. The van der Waals surface area contributed by atoms with Crippen molar-refractivity contribution in [3.63, 3.8) is 0 Å². The van der Waals surface area contributed by atoms with Gasteiger partial charge in [0.25, 0.3) is 0 Å². The van der Waals surface area contributed by atoms with Crippen LogP contribution in [0.4, 0.5) is 51.2 Å². The number of fused-ring (bicyclic) bond motifs is 9. The summed E-state index contributed by atoms with van der Waals surface area (Å²) in [5, 5.41) is 6.38. The van der Waals surface area contributed by atoms with E-state index in [1.165, 1.54) is 0 Å². The van der Waals surface area contributed by atoms with Crippen LogP contribution in [0, 0.1) is 0 Å². The van der Waals surface area contributed by atoms with E-state index in [9.17, 15) is 0 Å². The highest BCUT2D eigenvalue weighted by Gasteiger charge is 2.27. The van der Waals surface area contributed by atoms with E-state index in [1.807, 2.05) is 24.3 Å². The van der Waals surface area contributed by atoms with Gasteiger partial charge in [0, 0.05) is 60.6 Å². The molecule has 6 nitrogen and oxygen atoms in total. The van der Waals surface area contributed by atoms with Crippen LogP contribution in [0.3, 0.4) is 0 Å². The lowest BCUT2D eigenvalue weighted by molar-refractivity contribution is 0.669. The first kappa shape index (κ1) is 48.6. The smallest absolute Gasteiger partial charge is 0.159 e. The fourth-order valence-corrected chi connectivity index (χ4v) is 12.3. The lowest BCUT2D eigenvalue weighted by Crippen LogP contribution is -2.16. The molecule has 0 amide bonds. The van der Waals surface area contributed by atoms with Crippen LogP contribution in [-0.2, 0) is 0 Å². The zero-order chi connectivity index (χ0) is 55.5. The number of furan rings is 3. The van der Waals surface area contributed by atoms with Gasteiger partial charge in [0.2, 0.25) is 0 Å². The Balaban J connectivity index is 0.961. The molecule has 0 radical (unpaired) electrons. The summed E-state index contributed by atoms with van der Waals surface area (Å²) in [6.07, 6.45) is 0. The Morgan fingerprint density at radius 2 is 0.500 bits per heavy atom. The summed E-state index contributed by atoms with van der Waals surface area (Å²) < 4.78 is 20.5. The summed E-state index contributed by atoms with van der Waals surface area (Å²) in [7, 11) is 0. The molecular formula is C78H51N3O3. The zero-order valence-corrected chi connectivity index (χ0v) is 45.5. The van der Waals surface area contributed by atoms with Crippen LogP contribution in [0.2, 0.25) is 0 Å². The molecule has 84 heavy (non-hydrogen) atoms. The highest BCUT2D eigenvalue weighted by molar-refractivity contribution is 6.13. The number of nitrogens with zero attached hydrogens (tertiary/aromatic N) is 3. The van der Waals surface area contributed by atoms with Crippen LogP contribution in [-0.4, -0.2) is 0 Å². The Hall–Kier alpha value is -11.3. The van der Waals surface area contributed by atoms with Crippen molar-refractivity contribution in [2.24, 2.45) is 0 Å². The van der Waals surface area contributed by atoms with Gasteiger partial charge in [-0.1, -0.05) is 212 Å². The van der Waals surface area contributed by atoms with Crippen LogP contribution >= 0.6 is 0 Å². The average Bonchev–Trinajstić information content (AvgIpc) is 2.36. The van der Waals surface area contributed by atoms with Crippen LogP contribution in [0.1, 0.15) is 0 Å². The lowest BCUT2D eigenvalue weighted by atomic mass is 10.0. The second-order valence-electron chi connectivity index (χ2n) is 21.2. The minimum atomic E-state index is 0.785. The Morgan fingerprint density at radius 1 is 0.190 bits per heavy atom. The quantitative estimate of drug-likeness (QED) is 0.122. The van der Waals surface area contributed by atoms with Gasteiger partial charge in [0.15, 0.2) is 11.2 Å². The molecule has 0 aliphatic rings. The van der Waals surface area contributed by atoms with Crippen molar-refractivity contribution in [3.05, 3.63) is 309 Å². The molecule has 3 aromatic heterocycles. The third-order valence-electron chi connectivity index (χ3n) is 16.2. The summed E-state index contributed by atoms with van der Waals surface area (Å²) >= 11 is 0. The van der Waals surface area contributed by atoms with Gasteiger partial charge in [0.05, 0.1) is 28.4 Å². The maximum absolute atomic E-state index is 6.97. The Bertz CT molecular complexity index is 4850. The summed E-state index contributed by atoms with van der Waals surface area (Å²) in [6.45, 7) is 0. The van der Waals surface area contributed by atoms with E-state index >= 15 is 0 Å². The predicted molar refractivity (Wildman–Crippen MR) is 349 cm³/mol. The molecule has 0 saturated heterocycles. The molecule has 0 aliphatic carbocycles. The van der Waals surface area contributed by atoms with Crippen LogP contribution in [0.5, 0.6) is 0 Å². The largest absolute Gasteiger partial charge is 0.455 e. The Morgan fingerprint density at radius 3 is 0.952 bits per heavy atom. The van der Waals surface area contributed by atoms with Crippen LogP contribution < -0.4 is 14.7 Å². The molecule has 6 heteroatoms. The van der Waals surface area contributed by atoms with E-state index in [1.54, 1.807) is 0 Å². The zero-order valence-electron chi connectivity index (χ0n) is 45.5. The van der Waals surface area contributed by atoms with Crippen molar-refractivity contribution >= 4 is 117 Å². The maximum Gasteiger partial charge on any atom is 0.159 e. The highest BCUT2D eigenvalue weighted by Crippen LogP contribution is 2.50. The molecule has 0 N–H and O–H groups in total. The van der Waals surface area contributed by atoms with E-state index in [-0.39, 0.29) is 0 Å². The van der Waals surface area contributed by atoms with E-state index < -0.39 is 0 Å². The van der Waals surface area contributed by atoms with E-state index in [2.05, 4.69) is 300 Å².